The molecule has 1 fully saturated rings. The monoisotopic (exact) mass is 801 g/mol. The number of para-hydroxylation sites is 2. The third kappa shape index (κ3) is 6.14. The lowest BCUT2D eigenvalue weighted by Gasteiger charge is -2.29. The minimum absolute atomic E-state index is 0.583. The number of thiophene rings is 1. The van der Waals surface area contributed by atoms with Crippen molar-refractivity contribution in [3.05, 3.63) is 200 Å². The van der Waals surface area contributed by atoms with Gasteiger partial charge in [0, 0.05) is 47.9 Å². The van der Waals surface area contributed by atoms with Gasteiger partial charge in [0.25, 0.3) is 0 Å². The van der Waals surface area contributed by atoms with Gasteiger partial charge >= 0.3 is 0 Å². The van der Waals surface area contributed by atoms with Gasteiger partial charge in [0.2, 0.25) is 0 Å². The molecule has 0 bridgehead atoms. The first-order chi connectivity index (χ1) is 30.3. The van der Waals surface area contributed by atoms with Crippen LogP contribution >= 0.6 is 11.3 Å². The summed E-state index contributed by atoms with van der Waals surface area (Å²) in [6, 6.07) is 71.5. The summed E-state index contributed by atoms with van der Waals surface area (Å²) in [6.45, 7) is 0. The Kier molecular flexibility index (Phi) is 8.82. The molecule has 61 heavy (non-hydrogen) atoms. The maximum atomic E-state index is 6.31. The second-order valence-electron chi connectivity index (χ2n) is 16.6. The largest absolute Gasteiger partial charge is 0.456 e. The quantitative estimate of drug-likeness (QED) is 0.160. The van der Waals surface area contributed by atoms with Crippen LogP contribution < -0.4 is 4.90 Å². The van der Waals surface area contributed by atoms with Crippen LogP contribution in [-0.2, 0) is 0 Å². The first-order valence-corrected chi connectivity index (χ1v) is 22.5. The number of hydrogen-bond donors (Lipinski definition) is 0. The number of benzene rings is 9. The molecule has 0 N–H and O–H groups in total. The normalized spacial score (nSPS) is 13.5. The predicted octanol–water partition coefficient (Wildman–Crippen LogP) is 17.6. The van der Waals surface area contributed by atoms with Crippen molar-refractivity contribution in [2.75, 3.05) is 4.90 Å². The molecule has 3 heteroatoms. The maximum Gasteiger partial charge on any atom is 0.136 e. The zero-order valence-electron chi connectivity index (χ0n) is 33.9. The fourth-order valence-corrected chi connectivity index (χ4v) is 11.5. The van der Waals surface area contributed by atoms with Gasteiger partial charge < -0.3 is 9.32 Å². The SMILES string of the molecule is c1cc(-c2cccc3c2sc2ccccc23)cc(N(c2ccc(-c3cccc4oc5ccccc5c34)cc2)c2ccccc2-c2cccc3cccc(C4CCCCC4)c23)c1. The van der Waals surface area contributed by atoms with Crippen molar-refractivity contribution in [1.29, 1.82) is 0 Å². The van der Waals surface area contributed by atoms with E-state index < -0.39 is 0 Å². The van der Waals surface area contributed by atoms with E-state index in [1.165, 1.54) is 96.4 Å². The molecular weight excluding hydrogens is 759 g/mol. The number of furan rings is 1. The topological polar surface area (TPSA) is 16.4 Å². The van der Waals surface area contributed by atoms with Crippen LogP contribution in [0.5, 0.6) is 0 Å². The molecule has 2 nitrogen and oxygen atoms in total. The van der Waals surface area contributed by atoms with Crippen molar-refractivity contribution < 1.29 is 4.42 Å². The molecule has 0 atom stereocenters. The molecule has 292 valence electrons. The molecule has 2 heterocycles. The van der Waals surface area contributed by atoms with Crippen LogP contribution in [0, 0.1) is 0 Å². The lowest BCUT2D eigenvalue weighted by molar-refractivity contribution is 0.445. The Hall–Kier alpha value is -6.94. The van der Waals surface area contributed by atoms with Crippen molar-refractivity contribution in [1.82, 2.24) is 0 Å². The van der Waals surface area contributed by atoms with Gasteiger partial charge in [-0.25, -0.2) is 0 Å². The summed E-state index contributed by atoms with van der Waals surface area (Å²) >= 11 is 1.89. The summed E-state index contributed by atoms with van der Waals surface area (Å²) in [4.78, 5) is 2.48. The molecule has 0 spiro atoms. The van der Waals surface area contributed by atoms with E-state index in [0.717, 1.165) is 44.6 Å². The van der Waals surface area contributed by atoms with Crippen LogP contribution in [0.2, 0.25) is 0 Å². The molecule has 1 aliphatic rings. The van der Waals surface area contributed by atoms with Crippen molar-refractivity contribution >= 4 is 81.3 Å². The van der Waals surface area contributed by atoms with E-state index in [4.69, 9.17) is 4.42 Å². The lowest BCUT2D eigenvalue weighted by Crippen LogP contribution is -2.11. The summed E-state index contributed by atoms with van der Waals surface area (Å²) in [5.74, 6) is 0.583. The minimum atomic E-state index is 0.583. The molecule has 0 saturated heterocycles. The molecule has 9 aromatic carbocycles. The first-order valence-electron chi connectivity index (χ1n) is 21.7. The molecule has 11 aromatic rings. The van der Waals surface area contributed by atoms with Gasteiger partial charge in [-0.1, -0.05) is 165 Å². The summed E-state index contributed by atoms with van der Waals surface area (Å²) < 4.78 is 8.95. The predicted molar refractivity (Wildman–Crippen MR) is 261 cm³/mol. The van der Waals surface area contributed by atoms with Crippen molar-refractivity contribution in [3.8, 4) is 33.4 Å². The summed E-state index contributed by atoms with van der Waals surface area (Å²) in [6.07, 6.45) is 6.47. The second kappa shape index (κ2) is 15.0. The van der Waals surface area contributed by atoms with Crippen LogP contribution in [0.1, 0.15) is 43.6 Å². The molecule has 0 aliphatic heterocycles. The van der Waals surface area contributed by atoms with E-state index in [2.05, 4.69) is 193 Å². The molecule has 0 radical (unpaired) electrons. The Balaban J connectivity index is 1.05. The van der Waals surface area contributed by atoms with Crippen LogP contribution in [0.25, 0.3) is 86.3 Å². The lowest BCUT2D eigenvalue weighted by atomic mass is 9.80. The van der Waals surface area contributed by atoms with E-state index >= 15 is 0 Å². The standard InChI is InChI=1S/C58H43NOS/c1-2-15-38(16-3-1)44-24-11-17-40-18-12-27-49(56(40)44)47-21-4-7-29-52(47)59(42-35-33-39(34-36-42)45-25-14-31-54-57(45)51-23-5-8-30-53(51)60-54)43-20-10-19-41(37-43)46-26-13-28-50-48-22-6-9-32-55(48)61-58(46)50/h4-14,17-38H,1-3,15-16H2. The second-order valence-corrected chi connectivity index (χ2v) is 17.6. The van der Waals surface area contributed by atoms with E-state index in [0.29, 0.717) is 5.92 Å². The number of rotatable bonds is 7. The number of hydrogen-bond acceptors (Lipinski definition) is 3. The Bertz CT molecular complexity index is 3410. The molecule has 12 rings (SSSR count). The highest BCUT2D eigenvalue weighted by molar-refractivity contribution is 7.26. The number of fused-ring (bicyclic) bond motifs is 7. The smallest absolute Gasteiger partial charge is 0.136 e. The van der Waals surface area contributed by atoms with E-state index in [9.17, 15) is 0 Å². The molecule has 0 amide bonds. The van der Waals surface area contributed by atoms with E-state index in [1.807, 2.05) is 17.4 Å². The van der Waals surface area contributed by atoms with Gasteiger partial charge in [0.15, 0.2) is 0 Å². The van der Waals surface area contributed by atoms with Gasteiger partial charge in [-0.3, -0.25) is 0 Å². The van der Waals surface area contributed by atoms with E-state index in [-0.39, 0.29) is 0 Å². The summed E-state index contributed by atoms with van der Waals surface area (Å²) in [5.41, 5.74) is 14.0. The zero-order valence-corrected chi connectivity index (χ0v) is 34.7. The van der Waals surface area contributed by atoms with Gasteiger partial charge in [-0.2, -0.15) is 0 Å². The van der Waals surface area contributed by atoms with Crippen LogP contribution in [0.4, 0.5) is 17.1 Å². The molecular formula is C58H43NOS. The highest BCUT2D eigenvalue weighted by Crippen LogP contribution is 2.48. The fourth-order valence-electron chi connectivity index (χ4n) is 10.3. The minimum Gasteiger partial charge on any atom is -0.456 e. The van der Waals surface area contributed by atoms with Gasteiger partial charge in [-0.15, -0.1) is 11.3 Å². The molecule has 2 aromatic heterocycles. The van der Waals surface area contributed by atoms with Gasteiger partial charge in [0.05, 0.1) is 5.69 Å². The summed E-state index contributed by atoms with van der Waals surface area (Å²) in [5, 5.41) is 7.63. The fraction of sp³-hybridized carbons (Fsp3) is 0.103. The van der Waals surface area contributed by atoms with Crippen molar-refractivity contribution in [3.63, 3.8) is 0 Å². The highest BCUT2D eigenvalue weighted by atomic mass is 32.1. The van der Waals surface area contributed by atoms with Crippen molar-refractivity contribution in [2.24, 2.45) is 0 Å². The van der Waals surface area contributed by atoms with Gasteiger partial charge in [0.1, 0.15) is 11.2 Å². The van der Waals surface area contributed by atoms with Crippen molar-refractivity contribution in [2.45, 2.75) is 38.0 Å². The highest BCUT2D eigenvalue weighted by Gasteiger charge is 2.23. The van der Waals surface area contributed by atoms with Crippen LogP contribution in [-0.4, -0.2) is 0 Å². The first kappa shape index (κ1) is 36.0. The molecule has 1 saturated carbocycles. The Labute approximate surface area is 360 Å². The number of nitrogens with zero attached hydrogens (tertiary/aromatic N) is 1. The number of anilines is 3. The maximum absolute atomic E-state index is 6.31. The average Bonchev–Trinajstić information content (AvgIpc) is 3.91. The Morgan fingerprint density at radius 3 is 2.02 bits per heavy atom. The zero-order chi connectivity index (χ0) is 40.3. The van der Waals surface area contributed by atoms with E-state index in [1.54, 1.807) is 0 Å². The van der Waals surface area contributed by atoms with Gasteiger partial charge in [-0.05, 0) is 111 Å². The average molecular weight is 802 g/mol. The molecule has 0 unspecified atom stereocenters. The third-order valence-corrected chi connectivity index (χ3v) is 14.3. The third-order valence-electron chi connectivity index (χ3n) is 13.1. The van der Waals surface area contributed by atoms with Crippen LogP contribution in [0.15, 0.2) is 199 Å². The Morgan fingerprint density at radius 2 is 1.11 bits per heavy atom. The Morgan fingerprint density at radius 1 is 0.443 bits per heavy atom. The summed E-state index contributed by atoms with van der Waals surface area (Å²) in [7, 11) is 0. The van der Waals surface area contributed by atoms with Crippen LogP contribution in [0.3, 0.4) is 0 Å². The molecule has 1 aliphatic carbocycles.